The number of fused-ring (bicyclic) bond motifs is 2. The van der Waals surface area contributed by atoms with E-state index in [1.54, 1.807) is 18.5 Å². The highest BCUT2D eigenvalue weighted by Crippen LogP contribution is 2.43. The van der Waals surface area contributed by atoms with Crippen molar-refractivity contribution in [1.82, 2.24) is 15.1 Å². The number of hydrogen-bond donors (Lipinski definition) is 1. The van der Waals surface area contributed by atoms with Crippen LogP contribution in [0, 0.1) is 0 Å². The molecule has 2 N–H and O–H groups in total. The first-order chi connectivity index (χ1) is 9.29. The summed E-state index contributed by atoms with van der Waals surface area (Å²) >= 11 is 0. The molecule has 0 radical (unpaired) electrons. The fourth-order valence-electron chi connectivity index (χ4n) is 2.99. The Hall–Kier alpha value is -1.95. The van der Waals surface area contributed by atoms with E-state index in [-0.39, 0.29) is 12.0 Å². The summed E-state index contributed by atoms with van der Waals surface area (Å²) in [7, 11) is 0. The third kappa shape index (κ3) is 1.79. The van der Waals surface area contributed by atoms with Crippen molar-refractivity contribution in [2.45, 2.75) is 37.4 Å². The van der Waals surface area contributed by atoms with Gasteiger partial charge in [-0.15, -0.1) is 0 Å². The predicted octanol–water partition coefficient (Wildman–Crippen LogP) is 1.75. The van der Waals surface area contributed by atoms with E-state index in [1.165, 1.54) is 0 Å². The summed E-state index contributed by atoms with van der Waals surface area (Å²) in [5, 5.41) is 4.09. The van der Waals surface area contributed by atoms with E-state index in [2.05, 4.69) is 15.1 Å². The van der Waals surface area contributed by atoms with Crippen LogP contribution in [0.2, 0.25) is 0 Å². The number of pyridine rings is 1. The maximum Gasteiger partial charge on any atom is 0.259 e. The normalized spacial score (nSPS) is 28.9. The van der Waals surface area contributed by atoms with Crippen LogP contribution < -0.4 is 5.73 Å². The fourth-order valence-corrected chi connectivity index (χ4v) is 2.99. The number of nitrogens with zero attached hydrogens (tertiary/aromatic N) is 3. The lowest BCUT2D eigenvalue weighted by atomic mass is 9.89. The zero-order chi connectivity index (χ0) is 12.8. The third-order valence-electron chi connectivity index (χ3n) is 3.89. The van der Waals surface area contributed by atoms with E-state index in [1.807, 2.05) is 0 Å². The Morgan fingerprint density at radius 1 is 1.26 bits per heavy atom. The number of nitrogens with two attached hydrogens (primary N) is 1. The van der Waals surface area contributed by atoms with Crippen LogP contribution in [-0.2, 0) is 4.74 Å². The summed E-state index contributed by atoms with van der Waals surface area (Å²) in [6.45, 7) is 0. The van der Waals surface area contributed by atoms with Crippen LogP contribution in [0.4, 0.5) is 5.69 Å². The lowest BCUT2D eigenvalue weighted by molar-refractivity contribution is 0.0996. The van der Waals surface area contributed by atoms with Crippen molar-refractivity contribution in [3.63, 3.8) is 0 Å². The summed E-state index contributed by atoms with van der Waals surface area (Å²) in [4.78, 5) is 8.50. The highest BCUT2D eigenvalue weighted by molar-refractivity contribution is 5.57. The SMILES string of the molecule is Nc1cncc(-c2nc(C3CC4CCC3O4)no2)c1. The number of nitrogen functional groups attached to an aromatic ring is 1. The number of rotatable bonds is 2. The van der Waals surface area contributed by atoms with Gasteiger partial charge in [-0.05, 0) is 25.3 Å². The van der Waals surface area contributed by atoms with Crippen molar-refractivity contribution in [3.8, 4) is 11.5 Å². The molecule has 3 unspecified atom stereocenters. The number of ether oxygens (including phenoxy) is 1. The molecular formula is C13H14N4O2. The van der Waals surface area contributed by atoms with E-state index < -0.39 is 0 Å². The molecule has 2 saturated heterocycles. The van der Waals surface area contributed by atoms with Crippen LogP contribution in [0.5, 0.6) is 0 Å². The maximum atomic E-state index is 5.82. The minimum absolute atomic E-state index is 0.259. The average Bonchev–Trinajstić information content (AvgIpc) is 3.14. The second-order valence-electron chi connectivity index (χ2n) is 5.18. The number of aromatic nitrogens is 3. The Morgan fingerprint density at radius 2 is 2.21 bits per heavy atom. The van der Waals surface area contributed by atoms with Gasteiger partial charge in [-0.2, -0.15) is 4.98 Å². The first kappa shape index (κ1) is 10.9. The van der Waals surface area contributed by atoms with Crippen molar-refractivity contribution in [2.24, 2.45) is 0 Å². The van der Waals surface area contributed by atoms with E-state index in [4.69, 9.17) is 15.0 Å². The van der Waals surface area contributed by atoms with Crippen LogP contribution in [-0.4, -0.2) is 27.3 Å². The number of hydrogen-bond acceptors (Lipinski definition) is 6. The smallest absolute Gasteiger partial charge is 0.259 e. The van der Waals surface area contributed by atoms with Crippen molar-refractivity contribution in [3.05, 3.63) is 24.3 Å². The van der Waals surface area contributed by atoms with Crippen LogP contribution in [0.25, 0.3) is 11.5 Å². The minimum Gasteiger partial charge on any atom is -0.397 e. The molecule has 0 aromatic carbocycles. The molecule has 6 heteroatoms. The molecule has 3 atom stereocenters. The van der Waals surface area contributed by atoms with Gasteiger partial charge in [-0.3, -0.25) is 4.98 Å². The van der Waals surface area contributed by atoms with Crippen LogP contribution >= 0.6 is 0 Å². The Balaban J connectivity index is 1.63. The van der Waals surface area contributed by atoms with E-state index in [9.17, 15) is 0 Å². The van der Waals surface area contributed by atoms with Crippen LogP contribution in [0.3, 0.4) is 0 Å². The van der Waals surface area contributed by atoms with Crippen molar-refractivity contribution in [1.29, 1.82) is 0 Å². The topological polar surface area (TPSA) is 87.1 Å². The first-order valence-electron chi connectivity index (χ1n) is 6.49. The van der Waals surface area contributed by atoms with Crippen molar-refractivity contribution in [2.75, 3.05) is 5.73 Å². The van der Waals surface area contributed by atoms with Gasteiger partial charge in [0.2, 0.25) is 0 Å². The molecule has 4 heterocycles. The summed E-state index contributed by atoms with van der Waals surface area (Å²) in [5.41, 5.74) is 7.04. The molecule has 2 aromatic heterocycles. The summed E-state index contributed by atoms with van der Waals surface area (Å²) in [5.74, 6) is 1.48. The first-order valence-corrected chi connectivity index (χ1v) is 6.49. The lowest BCUT2D eigenvalue weighted by Crippen LogP contribution is -2.15. The maximum absolute atomic E-state index is 5.82. The lowest BCUT2D eigenvalue weighted by Gasteiger charge is -2.13. The van der Waals surface area contributed by atoms with E-state index in [0.717, 1.165) is 30.7 Å². The number of anilines is 1. The molecule has 2 bridgehead atoms. The van der Waals surface area contributed by atoms with Gasteiger partial charge in [0.1, 0.15) is 0 Å². The predicted molar refractivity (Wildman–Crippen MR) is 67.2 cm³/mol. The van der Waals surface area contributed by atoms with Crippen molar-refractivity contribution < 1.29 is 9.26 Å². The summed E-state index contributed by atoms with van der Waals surface area (Å²) in [6.07, 6.45) is 7.15. The van der Waals surface area contributed by atoms with E-state index >= 15 is 0 Å². The Labute approximate surface area is 110 Å². The van der Waals surface area contributed by atoms with Gasteiger partial charge >= 0.3 is 0 Å². The molecule has 19 heavy (non-hydrogen) atoms. The molecule has 2 aromatic rings. The second kappa shape index (κ2) is 4.03. The third-order valence-corrected chi connectivity index (χ3v) is 3.89. The molecule has 0 aliphatic carbocycles. The summed E-state index contributed by atoms with van der Waals surface area (Å²) < 4.78 is 11.1. The zero-order valence-electron chi connectivity index (χ0n) is 10.3. The molecule has 0 amide bonds. The zero-order valence-corrected chi connectivity index (χ0v) is 10.3. The van der Waals surface area contributed by atoms with Gasteiger partial charge in [0.05, 0.1) is 29.4 Å². The van der Waals surface area contributed by atoms with Crippen LogP contribution in [0.15, 0.2) is 23.0 Å². The Morgan fingerprint density at radius 3 is 2.95 bits per heavy atom. The highest BCUT2D eigenvalue weighted by Gasteiger charge is 2.43. The fraction of sp³-hybridized carbons (Fsp3) is 0.462. The molecule has 4 rings (SSSR count). The van der Waals surface area contributed by atoms with Gasteiger partial charge in [-0.1, -0.05) is 5.16 Å². The molecule has 2 fully saturated rings. The monoisotopic (exact) mass is 258 g/mol. The minimum atomic E-state index is 0.259. The van der Waals surface area contributed by atoms with Gasteiger partial charge < -0.3 is 15.0 Å². The Bertz CT molecular complexity index is 612. The largest absolute Gasteiger partial charge is 0.397 e. The standard InChI is InChI=1S/C13H14N4O2/c14-8-3-7(5-15-6-8)13-16-12(17-19-13)10-4-9-1-2-11(10)18-9/h3,5-6,9-11H,1-2,4,14H2. The average molecular weight is 258 g/mol. The second-order valence-corrected chi connectivity index (χ2v) is 5.18. The van der Waals surface area contributed by atoms with E-state index in [0.29, 0.717) is 17.7 Å². The highest BCUT2D eigenvalue weighted by atomic mass is 16.5. The van der Waals surface area contributed by atoms with Crippen LogP contribution in [0.1, 0.15) is 31.0 Å². The molecule has 2 aliphatic heterocycles. The molecule has 2 aliphatic rings. The van der Waals surface area contributed by atoms with Gasteiger partial charge in [0.15, 0.2) is 5.82 Å². The quantitative estimate of drug-likeness (QED) is 0.883. The molecule has 0 saturated carbocycles. The van der Waals surface area contributed by atoms with Gasteiger partial charge in [0, 0.05) is 12.4 Å². The summed E-state index contributed by atoms with van der Waals surface area (Å²) in [6, 6.07) is 1.78. The molecular weight excluding hydrogens is 244 g/mol. The molecule has 6 nitrogen and oxygen atoms in total. The van der Waals surface area contributed by atoms with Gasteiger partial charge in [0.25, 0.3) is 5.89 Å². The van der Waals surface area contributed by atoms with Crippen molar-refractivity contribution >= 4 is 5.69 Å². The van der Waals surface area contributed by atoms with Gasteiger partial charge in [-0.25, -0.2) is 0 Å². The Kier molecular flexibility index (Phi) is 2.32. The molecule has 0 spiro atoms. The molecule has 98 valence electrons.